The van der Waals surface area contributed by atoms with E-state index in [9.17, 15) is 0 Å². The maximum atomic E-state index is 2.49. The summed E-state index contributed by atoms with van der Waals surface area (Å²) < 4.78 is 2.49. The van der Waals surface area contributed by atoms with Crippen LogP contribution in [0.25, 0.3) is 0 Å². The fraction of sp³-hybridized carbons (Fsp3) is 0.393. The highest BCUT2D eigenvalue weighted by Crippen LogP contribution is 2.28. The summed E-state index contributed by atoms with van der Waals surface area (Å²) in [6.07, 6.45) is 14.1. The second kappa shape index (κ2) is 13.2. The summed E-state index contributed by atoms with van der Waals surface area (Å²) in [6, 6.07) is 22.0. The minimum atomic E-state index is 0. The Labute approximate surface area is 199 Å². The molecule has 2 heterocycles. The highest BCUT2D eigenvalue weighted by atomic mass is 35.5. The van der Waals surface area contributed by atoms with Gasteiger partial charge in [0.05, 0.1) is 0 Å². The Balaban J connectivity index is 0.00000181. The first kappa shape index (κ1) is 25.9. The van der Waals surface area contributed by atoms with Crippen molar-refractivity contribution in [1.82, 2.24) is 4.90 Å². The van der Waals surface area contributed by atoms with Crippen molar-refractivity contribution >= 4 is 6.21 Å². The quantitative estimate of drug-likeness (QED) is 0.506. The van der Waals surface area contributed by atoms with Crippen molar-refractivity contribution < 1.29 is 22.5 Å². The van der Waals surface area contributed by atoms with E-state index in [1.807, 2.05) is 0 Å². The number of nitrogens with zero attached hydrogens (tertiary/aromatic N) is 2. The molecule has 0 spiro atoms. The second-order valence-corrected chi connectivity index (χ2v) is 8.82. The maximum absolute atomic E-state index is 2.49. The van der Waals surface area contributed by atoms with Gasteiger partial charge in [-0.15, -0.1) is 0 Å². The van der Waals surface area contributed by atoms with Gasteiger partial charge in [0.15, 0.2) is 6.21 Å². The minimum Gasteiger partial charge on any atom is -1.00 e. The minimum absolute atomic E-state index is 0. The molecule has 0 radical (unpaired) electrons. The van der Waals surface area contributed by atoms with E-state index in [-0.39, 0.29) is 17.9 Å². The van der Waals surface area contributed by atoms with Crippen LogP contribution in [0.15, 0.2) is 84.6 Å². The van der Waals surface area contributed by atoms with Crippen molar-refractivity contribution in [3.63, 3.8) is 0 Å². The monoisotopic (exact) mass is 452 g/mol. The number of piperidine rings is 2. The third-order valence-electron chi connectivity index (χ3n) is 6.64. The number of benzene rings is 2. The summed E-state index contributed by atoms with van der Waals surface area (Å²) in [5.41, 5.74) is 4.34. The summed E-state index contributed by atoms with van der Waals surface area (Å²) in [5.74, 6) is 1.44. The van der Waals surface area contributed by atoms with Crippen molar-refractivity contribution in [2.24, 2.45) is 0 Å². The molecule has 0 amide bonds. The van der Waals surface area contributed by atoms with Crippen LogP contribution in [0.4, 0.5) is 0 Å². The van der Waals surface area contributed by atoms with Gasteiger partial charge in [0.25, 0.3) is 0 Å². The fourth-order valence-electron chi connectivity index (χ4n) is 4.84. The average Bonchev–Trinajstić information content (AvgIpc) is 2.81. The number of likely N-dealkylation sites (tertiary alicyclic amines) is 1. The molecule has 0 saturated carbocycles. The smallest absolute Gasteiger partial charge is 0.166 e. The predicted octanol–water partition coefficient (Wildman–Crippen LogP) is 2.17. The number of hydrogen-bond acceptors (Lipinski definition) is 1. The Hall–Kier alpha value is -2.36. The van der Waals surface area contributed by atoms with E-state index in [4.69, 9.17) is 0 Å². The van der Waals surface area contributed by atoms with E-state index < -0.39 is 0 Å². The normalized spacial score (nSPS) is 19.9. The molecule has 2 aromatic carbocycles. The number of hydrogen-bond donors (Lipinski definition) is 0. The van der Waals surface area contributed by atoms with Crippen molar-refractivity contribution in [2.75, 3.05) is 26.2 Å². The topological polar surface area (TPSA) is 37.8 Å². The lowest BCUT2D eigenvalue weighted by Gasteiger charge is -2.31. The van der Waals surface area contributed by atoms with Crippen molar-refractivity contribution in [2.45, 2.75) is 44.4 Å². The summed E-state index contributed by atoms with van der Waals surface area (Å²) in [4.78, 5) is 2.47. The van der Waals surface area contributed by atoms with E-state index in [0.717, 1.165) is 38.0 Å². The first-order chi connectivity index (χ1) is 14.8. The molecule has 2 aliphatic heterocycles. The first-order valence-electron chi connectivity index (χ1n) is 11.6. The molecule has 4 rings (SSSR count). The molecule has 2 saturated heterocycles. The van der Waals surface area contributed by atoms with E-state index >= 15 is 0 Å². The lowest BCUT2D eigenvalue weighted by atomic mass is 9.90. The van der Waals surface area contributed by atoms with Gasteiger partial charge in [-0.25, -0.2) is 4.58 Å². The molecule has 2 N–H and O–H groups in total. The van der Waals surface area contributed by atoms with Crippen molar-refractivity contribution in [3.8, 4) is 0 Å². The van der Waals surface area contributed by atoms with Crippen LogP contribution in [0.1, 0.15) is 55.6 Å². The van der Waals surface area contributed by atoms with Crippen LogP contribution in [-0.2, 0) is 0 Å². The fourth-order valence-corrected chi connectivity index (χ4v) is 4.84. The molecular weight excluding hydrogens is 416 g/mol. The van der Waals surface area contributed by atoms with Gasteiger partial charge in [-0.3, -0.25) is 0 Å². The van der Waals surface area contributed by atoms with Gasteiger partial charge in [0.2, 0.25) is 0 Å². The standard InChI is InChI=1S/C28H35N2.ClH.H2O/c1-24(23-30-21-16-28(17-22-30)26-12-6-3-7-13-26)9-8-18-29-19-14-27(15-20-29)25-10-4-2-5-11-25;;/h2-13,18,23,27-28H,14-17,19-22H2,1H3;1H;1H2/q+1;;/p-1. The highest BCUT2D eigenvalue weighted by Gasteiger charge is 2.22. The van der Waals surface area contributed by atoms with Crippen LogP contribution in [0.2, 0.25) is 0 Å². The molecule has 4 heteroatoms. The lowest BCUT2D eigenvalue weighted by Crippen LogP contribution is -3.00. The third kappa shape index (κ3) is 7.36. The van der Waals surface area contributed by atoms with Crippen LogP contribution >= 0.6 is 0 Å². The second-order valence-electron chi connectivity index (χ2n) is 8.82. The van der Waals surface area contributed by atoms with Gasteiger partial charge < -0.3 is 22.8 Å². The van der Waals surface area contributed by atoms with Crippen molar-refractivity contribution in [3.05, 3.63) is 95.7 Å². The number of halogens is 1. The molecule has 0 bridgehead atoms. The predicted molar refractivity (Wildman–Crippen MR) is 131 cm³/mol. The number of allylic oxidation sites excluding steroid dienone is 3. The summed E-state index contributed by atoms with van der Waals surface area (Å²) >= 11 is 0. The van der Waals surface area contributed by atoms with Gasteiger partial charge >= 0.3 is 0 Å². The third-order valence-corrected chi connectivity index (χ3v) is 6.64. The molecule has 0 aliphatic carbocycles. The van der Waals surface area contributed by atoms with Crippen molar-refractivity contribution in [1.29, 1.82) is 0 Å². The van der Waals surface area contributed by atoms with E-state index in [2.05, 4.69) is 102 Å². The Morgan fingerprint density at radius 1 is 0.812 bits per heavy atom. The Morgan fingerprint density at radius 2 is 1.31 bits per heavy atom. The molecular formula is C28H37ClN2O. The Bertz CT molecular complexity index is 874. The zero-order chi connectivity index (χ0) is 20.6. The van der Waals surface area contributed by atoms with Crippen LogP contribution in [0.5, 0.6) is 0 Å². The molecule has 32 heavy (non-hydrogen) atoms. The van der Waals surface area contributed by atoms with Gasteiger partial charge in [0.1, 0.15) is 13.1 Å². The van der Waals surface area contributed by atoms with Gasteiger partial charge in [0, 0.05) is 31.5 Å². The molecule has 2 aromatic rings. The molecule has 2 fully saturated rings. The highest BCUT2D eigenvalue weighted by molar-refractivity contribution is 5.73. The van der Waals surface area contributed by atoms with E-state index in [0.29, 0.717) is 0 Å². The molecule has 172 valence electrons. The molecule has 0 unspecified atom stereocenters. The summed E-state index contributed by atoms with van der Waals surface area (Å²) in [7, 11) is 0. The van der Waals surface area contributed by atoms with Gasteiger partial charge in [-0.05, 0) is 55.0 Å². The lowest BCUT2D eigenvalue weighted by molar-refractivity contribution is -0.534. The zero-order valence-corrected chi connectivity index (χ0v) is 19.9. The largest absolute Gasteiger partial charge is 1.00 e. The van der Waals surface area contributed by atoms with E-state index in [1.165, 1.54) is 42.4 Å². The van der Waals surface area contributed by atoms with E-state index in [1.54, 1.807) is 0 Å². The van der Waals surface area contributed by atoms with Crippen LogP contribution in [0.3, 0.4) is 0 Å². The molecule has 0 aromatic heterocycles. The molecule has 3 nitrogen and oxygen atoms in total. The molecule has 0 atom stereocenters. The zero-order valence-electron chi connectivity index (χ0n) is 19.2. The summed E-state index contributed by atoms with van der Waals surface area (Å²) in [5, 5.41) is 0. The maximum Gasteiger partial charge on any atom is 0.166 e. The first-order valence-corrected chi connectivity index (χ1v) is 11.6. The SMILES string of the molecule is C/C(C=[N+]1CCC(c2ccccc2)CC1)=C\C=C\N1CCC(c2ccccc2)CC1.O.[Cl-]. The number of rotatable bonds is 5. The average molecular weight is 453 g/mol. The van der Waals surface area contributed by atoms with Crippen LogP contribution < -0.4 is 12.4 Å². The Kier molecular flexibility index (Phi) is 10.7. The Morgan fingerprint density at radius 3 is 1.84 bits per heavy atom. The van der Waals surface area contributed by atoms with Gasteiger partial charge in [-0.2, -0.15) is 0 Å². The molecule has 2 aliphatic rings. The van der Waals surface area contributed by atoms with Gasteiger partial charge in [-0.1, -0.05) is 66.7 Å². The van der Waals surface area contributed by atoms with Crippen LogP contribution in [-0.4, -0.2) is 47.3 Å². The van der Waals surface area contributed by atoms with Crippen LogP contribution in [0, 0.1) is 0 Å². The summed E-state index contributed by atoms with van der Waals surface area (Å²) in [6.45, 7) is 6.83.